The van der Waals surface area contributed by atoms with Crippen molar-refractivity contribution in [3.63, 3.8) is 0 Å². The summed E-state index contributed by atoms with van der Waals surface area (Å²) in [5, 5.41) is 1.17. The van der Waals surface area contributed by atoms with Crippen LogP contribution in [0.25, 0.3) is 87.5 Å². The number of thiophene rings is 1. The Hall–Kier alpha value is -6.16. The fourth-order valence-corrected chi connectivity index (χ4v) is 10.6. The van der Waals surface area contributed by atoms with Crippen molar-refractivity contribution in [1.82, 2.24) is 9.97 Å². The molecule has 0 unspecified atom stereocenters. The number of fused-ring (bicyclic) bond motifs is 8. The minimum Gasteiger partial charge on any atom is -0.226 e. The highest BCUT2D eigenvalue weighted by molar-refractivity contribution is 7.26. The molecule has 1 fully saturated rings. The van der Waals surface area contributed by atoms with Gasteiger partial charge >= 0.3 is 0 Å². The van der Waals surface area contributed by atoms with Crippen LogP contribution >= 0.6 is 11.3 Å². The Bertz CT molecular complexity index is 2880. The van der Waals surface area contributed by atoms with Gasteiger partial charge in [-0.05, 0) is 80.6 Å². The first-order valence-electron chi connectivity index (χ1n) is 19.5. The molecule has 0 N–H and O–H groups in total. The van der Waals surface area contributed by atoms with E-state index in [0.717, 1.165) is 32.9 Å². The maximum absolute atomic E-state index is 5.31. The molecular formula is C52H38N2S. The lowest BCUT2D eigenvalue weighted by Crippen LogP contribution is -2.27. The van der Waals surface area contributed by atoms with Gasteiger partial charge in [0.1, 0.15) is 0 Å². The average molecular weight is 723 g/mol. The van der Waals surface area contributed by atoms with E-state index in [1.54, 1.807) is 11.3 Å². The van der Waals surface area contributed by atoms with Crippen LogP contribution in [0, 0.1) is 0 Å². The van der Waals surface area contributed by atoms with Crippen molar-refractivity contribution >= 4 is 31.6 Å². The lowest BCUT2D eigenvalue weighted by Gasteiger charge is -2.36. The molecule has 7 aromatic carbocycles. The average Bonchev–Trinajstić information content (AvgIpc) is 3.77. The highest BCUT2D eigenvalue weighted by atomic mass is 32.1. The zero-order valence-corrected chi connectivity index (χ0v) is 31.3. The van der Waals surface area contributed by atoms with E-state index in [1.165, 1.54) is 97.8 Å². The molecular weight excluding hydrogens is 685 g/mol. The highest BCUT2D eigenvalue weighted by Crippen LogP contribution is 2.57. The predicted molar refractivity (Wildman–Crippen MR) is 231 cm³/mol. The summed E-state index contributed by atoms with van der Waals surface area (Å²) in [5.41, 5.74) is 17.5. The minimum atomic E-state index is 0.160. The Morgan fingerprint density at radius 2 is 1.04 bits per heavy atom. The molecule has 0 aliphatic heterocycles. The molecule has 0 radical (unpaired) electrons. The zero-order valence-electron chi connectivity index (χ0n) is 30.5. The van der Waals surface area contributed by atoms with Crippen LogP contribution in [0.4, 0.5) is 0 Å². The Labute approximate surface area is 325 Å². The zero-order chi connectivity index (χ0) is 36.3. The summed E-state index contributed by atoms with van der Waals surface area (Å²) in [6, 6.07) is 62.0. The van der Waals surface area contributed by atoms with E-state index in [4.69, 9.17) is 9.97 Å². The normalized spacial score (nSPS) is 14.3. The summed E-state index contributed by atoms with van der Waals surface area (Å²) in [6.07, 6.45) is 6.45. The number of hydrogen-bond acceptors (Lipinski definition) is 3. The van der Waals surface area contributed by atoms with Gasteiger partial charge in [0.25, 0.3) is 0 Å². The molecule has 1 spiro atoms. The smallest absolute Gasteiger partial charge is 0.160 e. The topological polar surface area (TPSA) is 25.8 Å². The van der Waals surface area contributed by atoms with Gasteiger partial charge in [0.05, 0.1) is 15.9 Å². The second kappa shape index (κ2) is 13.0. The second-order valence-electron chi connectivity index (χ2n) is 15.2. The summed E-state index contributed by atoms with van der Waals surface area (Å²) < 4.78 is 2.34. The Balaban J connectivity index is 0.982. The molecule has 2 aromatic heterocycles. The van der Waals surface area contributed by atoms with Crippen LogP contribution < -0.4 is 0 Å². The number of aromatic nitrogens is 2. The van der Waals surface area contributed by atoms with Gasteiger partial charge in [0.2, 0.25) is 0 Å². The molecule has 2 aliphatic rings. The first kappa shape index (κ1) is 32.3. The van der Waals surface area contributed by atoms with Gasteiger partial charge in [0.15, 0.2) is 5.82 Å². The van der Waals surface area contributed by atoms with Gasteiger partial charge in [0, 0.05) is 26.6 Å². The van der Waals surface area contributed by atoms with Crippen LogP contribution in [0.5, 0.6) is 0 Å². The summed E-state index contributed by atoms with van der Waals surface area (Å²) >= 11 is 1.78. The molecule has 55 heavy (non-hydrogen) atoms. The third-order valence-corrected chi connectivity index (χ3v) is 13.3. The van der Waals surface area contributed by atoms with Crippen LogP contribution in [0.3, 0.4) is 0 Å². The SMILES string of the molecule is c1ccc(-c2ccc(-c3nc(-c4cccc(-c5ccc(-c6cccc7c6-c6ccccc6C76CCCCC6)cc5)c4)c4sc5ccccc5c4n3)cc2)cc1. The maximum Gasteiger partial charge on any atom is 0.160 e. The quantitative estimate of drug-likeness (QED) is 0.177. The highest BCUT2D eigenvalue weighted by Gasteiger charge is 2.44. The van der Waals surface area contributed by atoms with Crippen molar-refractivity contribution in [2.75, 3.05) is 0 Å². The number of hydrogen-bond donors (Lipinski definition) is 0. The van der Waals surface area contributed by atoms with Crippen LogP contribution in [-0.2, 0) is 5.41 Å². The predicted octanol–water partition coefficient (Wildman–Crippen LogP) is 14.4. The Morgan fingerprint density at radius 1 is 0.436 bits per heavy atom. The van der Waals surface area contributed by atoms with E-state index in [9.17, 15) is 0 Å². The molecule has 0 bridgehead atoms. The fourth-order valence-electron chi connectivity index (χ4n) is 9.49. The Kier molecular flexibility index (Phi) is 7.63. The first-order valence-corrected chi connectivity index (χ1v) is 20.3. The number of rotatable bonds is 5. The fraction of sp³-hybridized carbons (Fsp3) is 0.115. The van der Waals surface area contributed by atoms with Crippen molar-refractivity contribution < 1.29 is 0 Å². The van der Waals surface area contributed by atoms with E-state index >= 15 is 0 Å². The van der Waals surface area contributed by atoms with E-state index in [1.807, 2.05) is 0 Å². The minimum absolute atomic E-state index is 0.160. The summed E-state index contributed by atoms with van der Waals surface area (Å²) in [6.45, 7) is 0. The van der Waals surface area contributed by atoms with Gasteiger partial charge in [-0.25, -0.2) is 9.97 Å². The summed E-state index contributed by atoms with van der Waals surface area (Å²) in [5.74, 6) is 0.743. The van der Waals surface area contributed by atoms with Crippen molar-refractivity contribution in [2.45, 2.75) is 37.5 Å². The van der Waals surface area contributed by atoms with Crippen LogP contribution in [0.1, 0.15) is 43.2 Å². The van der Waals surface area contributed by atoms with Gasteiger partial charge < -0.3 is 0 Å². The van der Waals surface area contributed by atoms with Gasteiger partial charge in [-0.2, -0.15) is 0 Å². The van der Waals surface area contributed by atoms with E-state index in [0.29, 0.717) is 0 Å². The molecule has 0 atom stereocenters. The Morgan fingerprint density at radius 3 is 1.87 bits per heavy atom. The van der Waals surface area contributed by atoms with Crippen LogP contribution in [0.15, 0.2) is 170 Å². The third kappa shape index (κ3) is 5.29. The monoisotopic (exact) mass is 722 g/mol. The van der Waals surface area contributed by atoms with Gasteiger partial charge in [-0.3, -0.25) is 0 Å². The molecule has 3 heteroatoms. The first-order chi connectivity index (χ1) is 27.2. The lowest BCUT2D eigenvalue weighted by molar-refractivity contribution is 0.353. The second-order valence-corrected chi connectivity index (χ2v) is 16.2. The van der Waals surface area contributed by atoms with Crippen LogP contribution in [-0.4, -0.2) is 9.97 Å². The molecule has 11 rings (SSSR count). The molecule has 2 aliphatic carbocycles. The van der Waals surface area contributed by atoms with Crippen molar-refractivity contribution in [3.8, 4) is 67.2 Å². The molecule has 9 aromatic rings. The van der Waals surface area contributed by atoms with E-state index < -0.39 is 0 Å². The molecule has 1 saturated carbocycles. The molecule has 0 amide bonds. The summed E-state index contributed by atoms with van der Waals surface area (Å²) in [4.78, 5) is 10.5. The molecule has 262 valence electrons. The number of nitrogens with zero attached hydrogens (tertiary/aromatic N) is 2. The largest absolute Gasteiger partial charge is 0.226 e. The summed E-state index contributed by atoms with van der Waals surface area (Å²) in [7, 11) is 0. The van der Waals surface area contributed by atoms with Gasteiger partial charge in [-0.1, -0.05) is 177 Å². The van der Waals surface area contributed by atoms with Crippen molar-refractivity contribution in [2.24, 2.45) is 0 Å². The van der Waals surface area contributed by atoms with Gasteiger partial charge in [-0.15, -0.1) is 11.3 Å². The molecule has 2 heterocycles. The third-order valence-electron chi connectivity index (χ3n) is 12.1. The molecule has 0 saturated heterocycles. The van der Waals surface area contributed by atoms with E-state index in [-0.39, 0.29) is 5.41 Å². The molecule has 2 nitrogen and oxygen atoms in total. The maximum atomic E-state index is 5.31. The van der Waals surface area contributed by atoms with Crippen molar-refractivity contribution in [3.05, 3.63) is 181 Å². The lowest BCUT2D eigenvalue weighted by atomic mass is 9.68. The van der Waals surface area contributed by atoms with Crippen molar-refractivity contribution in [1.29, 1.82) is 0 Å². The number of benzene rings is 7. The standard InChI is InChI=1S/C52H38N2S/c1-3-13-34(14-4-1)35-25-29-38(30-26-35)51-53-48(50-49(54-51)43-18-6-8-22-46(43)55-50)40-16-11-15-39(33-40)36-23-27-37(28-24-36)41-19-12-21-45-47(41)42-17-5-7-20-44(42)52(45)31-9-2-10-32-52/h1,3-8,11-30,33H,2,9-10,31-32H2. The van der Waals surface area contributed by atoms with Crippen LogP contribution in [0.2, 0.25) is 0 Å². The van der Waals surface area contributed by atoms with E-state index in [2.05, 4.69) is 170 Å².